The topological polar surface area (TPSA) is 44.1 Å². The molecule has 0 amide bonds. The van der Waals surface area contributed by atoms with E-state index in [9.17, 15) is 4.79 Å². The minimum atomic E-state index is 0.114. The molecule has 1 aliphatic rings. The van der Waals surface area contributed by atoms with Gasteiger partial charge < -0.3 is 9.30 Å². The molecule has 25 heavy (non-hydrogen) atoms. The number of carbonyl (C=O) groups excluding carboxylic acids is 1. The zero-order valence-corrected chi connectivity index (χ0v) is 14.0. The molecule has 2 aromatic carbocycles. The first-order valence-corrected chi connectivity index (χ1v) is 8.25. The number of carbonyl (C=O) groups is 1. The largest absolute Gasteiger partial charge is 0.497 e. The van der Waals surface area contributed by atoms with Crippen molar-refractivity contribution in [1.29, 1.82) is 0 Å². The lowest BCUT2D eigenvalue weighted by molar-refractivity contribution is 0.102. The maximum Gasteiger partial charge on any atom is 0.189 e. The summed E-state index contributed by atoms with van der Waals surface area (Å²) in [6.07, 6.45) is 9.03. The molecule has 0 fully saturated rings. The number of Topliss-reactive ketones (excluding diaryl/α,β-unsaturated/α-hetero) is 1. The SMILES string of the molecule is COc1ccc2c(c1)CC/C(=C\c1ccc(-n3ccnc3)cc1)C2=O. The van der Waals surface area contributed by atoms with Crippen LogP contribution in [-0.4, -0.2) is 22.4 Å². The summed E-state index contributed by atoms with van der Waals surface area (Å²) in [4.78, 5) is 16.8. The predicted molar refractivity (Wildman–Crippen MR) is 97.2 cm³/mol. The zero-order chi connectivity index (χ0) is 17.2. The lowest BCUT2D eigenvalue weighted by Gasteiger charge is -2.18. The van der Waals surface area contributed by atoms with Gasteiger partial charge in [-0.1, -0.05) is 12.1 Å². The minimum Gasteiger partial charge on any atom is -0.497 e. The van der Waals surface area contributed by atoms with Crippen LogP contribution in [-0.2, 0) is 6.42 Å². The average molecular weight is 330 g/mol. The first-order valence-electron chi connectivity index (χ1n) is 8.25. The summed E-state index contributed by atoms with van der Waals surface area (Å²) < 4.78 is 7.20. The fourth-order valence-corrected chi connectivity index (χ4v) is 3.17. The molecule has 0 unspecified atom stereocenters. The van der Waals surface area contributed by atoms with E-state index < -0.39 is 0 Å². The summed E-state index contributed by atoms with van der Waals surface area (Å²) in [5, 5.41) is 0. The minimum absolute atomic E-state index is 0.114. The lowest BCUT2D eigenvalue weighted by atomic mass is 9.86. The fourth-order valence-electron chi connectivity index (χ4n) is 3.17. The van der Waals surface area contributed by atoms with E-state index in [0.717, 1.165) is 46.5 Å². The molecule has 0 radical (unpaired) electrons. The number of benzene rings is 2. The van der Waals surface area contributed by atoms with Gasteiger partial charge in [-0.3, -0.25) is 4.79 Å². The van der Waals surface area contributed by atoms with Gasteiger partial charge in [0, 0.05) is 29.2 Å². The van der Waals surface area contributed by atoms with Gasteiger partial charge in [0.25, 0.3) is 0 Å². The Labute approximate surface area is 146 Å². The zero-order valence-electron chi connectivity index (χ0n) is 14.0. The van der Waals surface area contributed by atoms with E-state index >= 15 is 0 Å². The molecule has 0 bridgehead atoms. The Morgan fingerprint density at radius 1 is 1.12 bits per heavy atom. The molecule has 0 N–H and O–H groups in total. The number of methoxy groups -OCH3 is 1. The van der Waals surface area contributed by atoms with Gasteiger partial charge in [-0.2, -0.15) is 0 Å². The number of hydrogen-bond acceptors (Lipinski definition) is 3. The molecule has 3 aromatic rings. The van der Waals surface area contributed by atoms with Crippen molar-refractivity contribution in [3.63, 3.8) is 0 Å². The number of aromatic nitrogens is 2. The molecule has 124 valence electrons. The molecule has 0 spiro atoms. The normalized spacial score (nSPS) is 15.2. The van der Waals surface area contributed by atoms with Crippen molar-refractivity contribution in [1.82, 2.24) is 9.55 Å². The maximum atomic E-state index is 12.8. The standard InChI is InChI=1S/C21H18N2O2/c1-25-19-8-9-20-16(13-19)4-5-17(21(20)24)12-15-2-6-18(7-3-15)23-11-10-22-14-23/h2-3,6-14H,4-5H2,1H3/b17-12+. The third kappa shape index (κ3) is 2.98. The van der Waals surface area contributed by atoms with Crippen molar-refractivity contribution in [3.05, 3.63) is 83.4 Å². The third-order valence-electron chi connectivity index (χ3n) is 4.55. The Morgan fingerprint density at radius 3 is 2.68 bits per heavy atom. The van der Waals surface area contributed by atoms with Gasteiger partial charge in [-0.25, -0.2) is 4.98 Å². The van der Waals surface area contributed by atoms with E-state index in [1.165, 1.54) is 0 Å². The van der Waals surface area contributed by atoms with Crippen molar-refractivity contribution in [3.8, 4) is 11.4 Å². The van der Waals surface area contributed by atoms with Crippen LogP contribution in [0.25, 0.3) is 11.8 Å². The third-order valence-corrected chi connectivity index (χ3v) is 4.55. The number of nitrogens with zero attached hydrogens (tertiary/aromatic N) is 2. The van der Waals surface area contributed by atoms with E-state index in [1.54, 1.807) is 19.6 Å². The van der Waals surface area contributed by atoms with E-state index in [1.807, 2.05) is 59.3 Å². The number of ketones is 1. The number of ether oxygens (including phenoxy) is 1. The van der Waals surface area contributed by atoms with Gasteiger partial charge in [0.1, 0.15) is 5.75 Å². The Balaban J connectivity index is 1.60. The van der Waals surface area contributed by atoms with Gasteiger partial charge in [0.15, 0.2) is 5.78 Å². The van der Waals surface area contributed by atoms with Crippen LogP contribution in [0.4, 0.5) is 0 Å². The lowest BCUT2D eigenvalue weighted by Crippen LogP contribution is -2.14. The number of imidazole rings is 1. The molecule has 4 heteroatoms. The predicted octanol–water partition coefficient (Wildman–Crippen LogP) is 4.09. The smallest absolute Gasteiger partial charge is 0.189 e. The van der Waals surface area contributed by atoms with Crippen LogP contribution in [0.5, 0.6) is 5.75 Å². The quantitative estimate of drug-likeness (QED) is 0.679. The molecule has 0 saturated carbocycles. The van der Waals surface area contributed by atoms with Crippen LogP contribution in [0.1, 0.15) is 27.9 Å². The molecular weight excluding hydrogens is 312 g/mol. The van der Waals surface area contributed by atoms with Crippen LogP contribution < -0.4 is 4.74 Å². The van der Waals surface area contributed by atoms with Crippen LogP contribution in [0, 0.1) is 0 Å². The average Bonchev–Trinajstić information content (AvgIpc) is 3.19. The Kier molecular flexibility index (Phi) is 3.94. The van der Waals surface area contributed by atoms with Gasteiger partial charge in [0.2, 0.25) is 0 Å². The highest BCUT2D eigenvalue weighted by molar-refractivity contribution is 6.13. The molecule has 0 saturated heterocycles. The summed E-state index contributed by atoms with van der Waals surface area (Å²) in [6.45, 7) is 0. The second kappa shape index (κ2) is 6.40. The fraction of sp³-hybridized carbons (Fsp3) is 0.143. The highest BCUT2D eigenvalue weighted by Gasteiger charge is 2.22. The number of fused-ring (bicyclic) bond motifs is 1. The number of aryl methyl sites for hydroxylation is 1. The Hall–Kier alpha value is -3.14. The van der Waals surface area contributed by atoms with Crippen molar-refractivity contribution in [2.45, 2.75) is 12.8 Å². The van der Waals surface area contributed by atoms with Gasteiger partial charge in [-0.05, 0) is 60.4 Å². The highest BCUT2D eigenvalue weighted by Crippen LogP contribution is 2.29. The Morgan fingerprint density at radius 2 is 1.96 bits per heavy atom. The van der Waals surface area contributed by atoms with E-state index in [-0.39, 0.29) is 5.78 Å². The van der Waals surface area contributed by atoms with Crippen LogP contribution >= 0.6 is 0 Å². The van der Waals surface area contributed by atoms with Gasteiger partial charge in [0.05, 0.1) is 13.4 Å². The summed E-state index contributed by atoms with van der Waals surface area (Å²) in [5.41, 5.74) is 4.79. The number of rotatable bonds is 3. The summed E-state index contributed by atoms with van der Waals surface area (Å²) in [6, 6.07) is 13.8. The molecule has 4 nitrogen and oxygen atoms in total. The monoisotopic (exact) mass is 330 g/mol. The number of allylic oxidation sites excluding steroid dienone is 1. The van der Waals surface area contributed by atoms with Crippen LogP contribution in [0.15, 0.2) is 66.8 Å². The van der Waals surface area contributed by atoms with Crippen molar-refractivity contribution >= 4 is 11.9 Å². The van der Waals surface area contributed by atoms with Crippen LogP contribution in [0.2, 0.25) is 0 Å². The van der Waals surface area contributed by atoms with E-state index in [4.69, 9.17) is 4.74 Å². The van der Waals surface area contributed by atoms with Crippen molar-refractivity contribution in [2.24, 2.45) is 0 Å². The summed E-state index contributed by atoms with van der Waals surface area (Å²) in [7, 11) is 1.64. The second-order valence-corrected chi connectivity index (χ2v) is 6.08. The second-order valence-electron chi connectivity index (χ2n) is 6.08. The number of hydrogen-bond donors (Lipinski definition) is 0. The maximum absolute atomic E-state index is 12.8. The molecule has 0 atom stereocenters. The van der Waals surface area contributed by atoms with E-state index in [0.29, 0.717) is 0 Å². The molecular formula is C21H18N2O2. The van der Waals surface area contributed by atoms with Crippen molar-refractivity contribution in [2.75, 3.05) is 7.11 Å². The first-order chi connectivity index (χ1) is 12.2. The highest BCUT2D eigenvalue weighted by atomic mass is 16.5. The van der Waals surface area contributed by atoms with Gasteiger partial charge >= 0.3 is 0 Å². The van der Waals surface area contributed by atoms with Crippen molar-refractivity contribution < 1.29 is 9.53 Å². The molecule has 1 aliphatic carbocycles. The molecule has 1 aromatic heterocycles. The Bertz CT molecular complexity index is 939. The van der Waals surface area contributed by atoms with Gasteiger partial charge in [-0.15, -0.1) is 0 Å². The molecule has 1 heterocycles. The van der Waals surface area contributed by atoms with E-state index in [2.05, 4.69) is 4.98 Å². The summed E-state index contributed by atoms with van der Waals surface area (Å²) >= 11 is 0. The molecule has 0 aliphatic heterocycles. The molecule has 4 rings (SSSR count). The van der Waals surface area contributed by atoms with Crippen LogP contribution in [0.3, 0.4) is 0 Å². The summed E-state index contributed by atoms with van der Waals surface area (Å²) in [5.74, 6) is 0.914. The first kappa shape index (κ1) is 15.4.